The summed E-state index contributed by atoms with van der Waals surface area (Å²) in [6.07, 6.45) is 3.39. The summed E-state index contributed by atoms with van der Waals surface area (Å²) >= 11 is 0. The first-order valence-electron chi connectivity index (χ1n) is 5.59. The van der Waals surface area contributed by atoms with Crippen molar-refractivity contribution in [2.24, 2.45) is 5.92 Å². The van der Waals surface area contributed by atoms with Gasteiger partial charge in [-0.1, -0.05) is 20.3 Å². The number of carbonyl (C=O) groups excluding carboxylic acids is 1. The summed E-state index contributed by atoms with van der Waals surface area (Å²) in [4.78, 5) is 13.8. The molecule has 1 atom stereocenters. The van der Waals surface area contributed by atoms with Gasteiger partial charge in [0.25, 0.3) is 0 Å². The topological polar surface area (TPSA) is 32.3 Å². The van der Waals surface area contributed by atoms with Crippen LogP contribution in [0.4, 0.5) is 0 Å². The number of hydrogen-bond acceptors (Lipinski definition) is 2. The molecule has 1 heterocycles. The Bertz CT molecular complexity index is 186. The van der Waals surface area contributed by atoms with Crippen LogP contribution in [0.5, 0.6) is 0 Å². The van der Waals surface area contributed by atoms with E-state index in [-0.39, 0.29) is 11.9 Å². The van der Waals surface area contributed by atoms with Gasteiger partial charge in [0.05, 0.1) is 6.04 Å². The van der Waals surface area contributed by atoms with E-state index in [9.17, 15) is 4.79 Å². The highest BCUT2D eigenvalue weighted by atomic mass is 16.2. The standard InChI is InChI=1S/C11H22N2O/c1-9(2)8-13(3)11(14)10-6-4-5-7-12-10/h9-10,12H,4-8H2,1-3H3/t10-/m0/s1. The summed E-state index contributed by atoms with van der Waals surface area (Å²) in [6.45, 7) is 6.12. The Morgan fingerprint density at radius 3 is 2.71 bits per heavy atom. The highest BCUT2D eigenvalue weighted by Crippen LogP contribution is 2.09. The van der Waals surface area contributed by atoms with Crippen LogP contribution in [0.15, 0.2) is 0 Å². The molecule has 0 aliphatic carbocycles. The Hall–Kier alpha value is -0.570. The van der Waals surface area contributed by atoms with Gasteiger partial charge in [0, 0.05) is 13.6 Å². The molecule has 1 rings (SSSR count). The maximum Gasteiger partial charge on any atom is 0.239 e. The summed E-state index contributed by atoms with van der Waals surface area (Å²) < 4.78 is 0. The van der Waals surface area contributed by atoms with Crippen LogP contribution < -0.4 is 5.32 Å². The fourth-order valence-corrected chi connectivity index (χ4v) is 1.97. The van der Waals surface area contributed by atoms with Crippen molar-refractivity contribution in [2.75, 3.05) is 20.1 Å². The molecule has 3 heteroatoms. The number of likely N-dealkylation sites (N-methyl/N-ethyl adjacent to an activating group) is 1. The molecule has 1 aliphatic heterocycles. The van der Waals surface area contributed by atoms with Crippen LogP contribution in [0.2, 0.25) is 0 Å². The lowest BCUT2D eigenvalue weighted by molar-refractivity contribution is -0.133. The van der Waals surface area contributed by atoms with Crippen LogP contribution in [-0.4, -0.2) is 37.0 Å². The maximum absolute atomic E-state index is 11.9. The molecule has 82 valence electrons. The fourth-order valence-electron chi connectivity index (χ4n) is 1.97. The molecule has 0 aromatic heterocycles. The van der Waals surface area contributed by atoms with Crippen molar-refractivity contribution >= 4 is 5.91 Å². The Balaban J connectivity index is 2.38. The lowest BCUT2D eigenvalue weighted by Gasteiger charge is -2.28. The van der Waals surface area contributed by atoms with E-state index in [1.54, 1.807) is 0 Å². The number of hydrogen-bond donors (Lipinski definition) is 1. The number of piperidine rings is 1. The van der Waals surface area contributed by atoms with Gasteiger partial charge in [0.2, 0.25) is 5.91 Å². The lowest BCUT2D eigenvalue weighted by atomic mass is 10.0. The molecular formula is C11H22N2O. The van der Waals surface area contributed by atoms with Crippen molar-refractivity contribution < 1.29 is 4.79 Å². The molecule has 1 amide bonds. The predicted octanol–water partition coefficient (Wildman–Crippen LogP) is 1.24. The fraction of sp³-hybridized carbons (Fsp3) is 0.909. The minimum atomic E-state index is 0.0764. The molecule has 0 aromatic carbocycles. The monoisotopic (exact) mass is 198 g/mol. The van der Waals surface area contributed by atoms with E-state index < -0.39 is 0 Å². The number of nitrogens with one attached hydrogen (secondary N) is 1. The SMILES string of the molecule is CC(C)CN(C)C(=O)[C@@H]1CCCCN1. The van der Waals surface area contributed by atoms with Gasteiger partial charge < -0.3 is 10.2 Å². The Kier molecular flexibility index (Phi) is 4.39. The van der Waals surface area contributed by atoms with Crippen molar-refractivity contribution in [1.29, 1.82) is 0 Å². The maximum atomic E-state index is 11.9. The van der Waals surface area contributed by atoms with E-state index in [2.05, 4.69) is 19.2 Å². The third-order valence-electron chi connectivity index (χ3n) is 2.62. The molecule has 0 saturated carbocycles. The summed E-state index contributed by atoms with van der Waals surface area (Å²) in [5.41, 5.74) is 0. The average molecular weight is 198 g/mol. The van der Waals surface area contributed by atoms with Gasteiger partial charge in [-0.15, -0.1) is 0 Å². The van der Waals surface area contributed by atoms with E-state index in [0.717, 1.165) is 19.5 Å². The molecule has 1 aliphatic rings. The molecule has 0 spiro atoms. The molecule has 1 fully saturated rings. The Labute approximate surface area is 86.9 Å². The summed E-state index contributed by atoms with van der Waals surface area (Å²) in [5.74, 6) is 0.811. The summed E-state index contributed by atoms with van der Waals surface area (Å²) in [6, 6.07) is 0.0764. The third-order valence-corrected chi connectivity index (χ3v) is 2.62. The van der Waals surface area contributed by atoms with Crippen molar-refractivity contribution in [2.45, 2.75) is 39.2 Å². The first-order valence-corrected chi connectivity index (χ1v) is 5.59. The van der Waals surface area contributed by atoms with Crippen LogP contribution >= 0.6 is 0 Å². The van der Waals surface area contributed by atoms with Crippen LogP contribution in [0.3, 0.4) is 0 Å². The second-order valence-corrected chi connectivity index (χ2v) is 4.62. The van der Waals surface area contributed by atoms with Crippen molar-refractivity contribution in [1.82, 2.24) is 10.2 Å². The first kappa shape index (κ1) is 11.5. The zero-order chi connectivity index (χ0) is 10.6. The Morgan fingerprint density at radius 2 is 2.21 bits per heavy atom. The number of rotatable bonds is 3. The molecular weight excluding hydrogens is 176 g/mol. The van der Waals surface area contributed by atoms with Crippen molar-refractivity contribution in [3.63, 3.8) is 0 Å². The minimum absolute atomic E-state index is 0.0764. The molecule has 0 radical (unpaired) electrons. The lowest BCUT2D eigenvalue weighted by Crippen LogP contribution is -2.48. The normalized spacial score (nSPS) is 22.4. The minimum Gasteiger partial charge on any atom is -0.344 e. The van der Waals surface area contributed by atoms with E-state index in [4.69, 9.17) is 0 Å². The Morgan fingerprint density at radius 1 is 1.50 bits per heavy atom. The van der Waals surface area contributed by atoms with Crippen LogP contribution in [-0.2, 0) is 4.79 Å². The van der Waals surface area contributed by atoms with Gasteiger partial charge in [-0.25, -0.2) is 0 Å². The van der Waals surface area contributed by atoms with E-state index in [1.807, 2.05) is 11.9 Å². The van der Waals surface area contributed by atoms with Gasteiger partial charge in [0.1, 0.15) is 0 Å². The largest absolute Gasteiger partial charge is 0.344 e. The van der Waals surface area contributed by atoms with Crippen molar-refractivity contribution in [3.05, 3.63) is 0 Å². The second-order valence-electron chi connectivity index (χ2n) is 4.62. The zero-order valence-corrected chi connectivity index (χ0v) is 9.55. The first-order chi connectivity index (χ1) is 6.61. The quantitative estimate of drug-likeness (QED) is 0.740. The molecule has 1 saturated heterocycles. The smallest absolute Gasteiger partial charge is 0.239 e. The number of amides is 1. The van der Waals surface area contributed by atoms with Gasteiger partial charge >= 0.3 is 0 Å². The van der Waals surface area contributed by atoms with Crippen LogP contribution in [0, 0.1) is 5.92 Å². The molecule has 0 bridgehead atoms. The van der Waals surface area contributed by atoms with Gasteiger partial charge in [-0.05, 0) is 25.3 Å². The van der Waals surface area contributed by atoms with E-state index in [1.165, 1.54) is 12.8 Å². The second kappa shape index (κ2) is 5.35. The highest BCUT2D eigenvalue weighted by molar-refractivity contribution is 5.81. The third kappa shape index (κ3) is 3.29. The number of nitrogens with zero attached hydrogens (tertiary/aromatic N) is 1. The van der Waals surface area contributed by atoms with E-state index >= 15 is 0 Å². The predicted molar refractivity (Wildman–Crippen MR) is 58.1 cm³/mol. The molecule has 0 unspecified atom stereocenters. The molecule has 0 aromatic rings. The van der Waals surface area contributed by atoms with Crippen LogP contribution in [0.25, 0.3) is 0 Å². The van der Waals surface area contributed by atoms with Gasteiger partial charge in [-0.3, -0.25) is 4.79 Å². The van der Waals surface area contributed by atoms with Gasteiger partial charge in [0.15, 0.2) is 0 Å². The molecule has 1 N–H and O–H groups in total. The summed E-state index contributed by atoms with van der Waals surface area (Å²) in [7, 11) is 1.90. The average Bonchev–Trinajstić information content (AvgIpc) is 2.17. The van der Waals surface area contributed by atoms with Gasteiger partial charge in [-0.2, -0.15) is 0 Å². The number of carbonyl (C=O) groups is 1. The highest BCUT2D eigenvalue weighted by Gasteiger charge is 2.23. The molecule has 14 heavy (non-hydrogen) atoms. The van der Waals surface area contributed by atoms with Crippen molar-refractivity contribution in [3.8, 4) is 0 Å². The molecule has 3 nitrogen and oxygen atoms in total. The zero-order valence-electron chi connectivity index (χ0n) is 9.55. The summed E-state index contributed by atoms with van der Waals surface area (Å²) in [5, 5.41) is 3.28. The van der Waals surface area contributed by atoms with E-state index in [0.29, 0.717) is 5.92 Å². The van der Waals surface area contributed by atoms with Crippen LogP contribution in [0.1, 0.15) is 33.1 Å².